The maximum atomic E-state index is 10.8. The van der Waals surface area contributed by atoms with E-state index in [-0.39, 0.29) is 5.97 Å². The highest BCUT2D eigenvalue weighted by Crippen LogP contribution is 2.16. The van der Waals surface area contributed by atoms with Gasteiger partial charge in [-0.05, 0) is 24.3 Å². The molecule has 1 saturated heterocycles. The lowest BCUT2D eigenvalue weighted by atomic mass is 10.2. The van der Waals surface area contributed by atoms with E-state index in [1.54, 1.807) is 17.2 Å². The van der Waals surface area contributed by atoms with E-state index in [2.05, 4.69) is 4.90 Å². The van der Waals surface area contributed by atoms with E-state index >= 15 is 0 Å². The molecule has 2 rings (SSSR count). The van der Waals surface area contributed by atoms with Crippen LogP contribution in [0.15, 0.2) is 24.3 Å². The Morgan fingerprint density at radius 1 is 1.17 bits per heavy atom. The van der Waals surface area contributed by atoms with Gasteiger partial charge in [-0.2, -0.15) is 0 Å². The fourth-order valence-electron chi connectivity index (χ4n) is 1.98. The molecule has 1 fully saturated rings. The third kappa shape index (κ3) is 3.07. The van der Waals surface area contributed by atoms with Crippen molar-refractivity contribution in [3.63, 3.8) is 0 Å². The molecule has 1 aromatic carbocycles. The van der Waals surface area contributed by atoms with Gasteiger partial charge in [0.25, 0.3) is 0 Å². The lowest BCUT2D eigenvalue weighted by molar-refractivity contribution is -0.188. The molecule has 0 saturated carbocycles. The summed E-state index contributed by atoms with van der Waals surface area (Å²) in [5, 5.41) is 1.68. The minimum Gasteiger partial charge on any atom is -0.369 e. The highest BCUT2D eigenvalue weighted by molar-refractivity contribution is 5.75. The van der Waals surface area contributed by atoms with Gasteiger partial charge in [0.2, 0.25) is 0 Å². The molecule has 1 heterocycles. The molecule has 0 radical (unpaired) electrons. The third-order valence-electron chi connectivity index (χ3n) is 2.89. The van der Waals surface area contributed by atoms with E-state index in [1.165, 1.54) is 6.92 Å². The quantitative estimate of drug-likeness (QED) is 0.750. The van der Waals surface area contributed by atoms with Crippen molar-refractivity contribution in [2.75, 3.05) is 31.1 Å². The molecule has 0 amide bonds. The van der Waals surface area contributed by atoms with Gasteiger partial charge in [-0.25, -0.2) is 0 Å². The highest BCUT2D eigenvalue weighted by Gasteiger charge is 2.18. The average molecular weight is 248 g/mol. The standard InChI is InChI=1S/C13H16N2O3/c1-11(17)18-15-8-6-14(7-9-15)13-4-2-12(10-16)3-5-13/h2-5,10H,6-9H2,1H3. The molecule has 5 heteroatoms. The number of hydroxylamine groups is 2. The first-order valence-electron chi connectivity index (χ1n) is 5.93. The summed E-state index contributed by atoms with van der Waals surface area (Å²) in [6.45, 7) is 4.38. The van der Waals surface area contributed by atoms with Gasteiger partial charge in [0.15, 0.2) is 0 Å². The average Bonchev–Trinajstić information content (AvgIpc) is 2.39. The normalized spacial score (nSPS) is 16.4. The van der Waals surface area contributed by atoms with Crippen molar-refractivity contribution in [3.8, 4) is 0 Å². The molecule has 18 heavy (non-hydrogen) atoms. The maximum Gasteiger partial charge on any atom is 0.322 e. The van der Waals surface area contributed by atoms with E-state index in [0.717, 1.165) is 25.1 Å². The predicted octanol–water partition coefficient (Wildman–Crippen LogP) is 1.10. The van der Waals surface area contributed by atoms with Crippen molar-refractivity contribution in [1.82, 2.24) is 5.06 Å². The first-order chi connectivity index (χ1) is 8.69. The van der Waals surface area contributed by atoms with Crippen molar-refractivity contribution in [2.24, 2.45) is 0 Å². The van der Waals surface area contributed by atoms with Crippen LogP contribution in [-0.4, -0.2) is 43.5 Å². The molecule has 0 atom stereocenters. The summed E-state index contributed by atoms with van der Waals surface area (Å²) < 4.78 is 0. The molecule has 0 aliphatic carbocycles. The van der Waals surface area contributed by atoms with E-state index in [4.69, 9.17) is 4.84 Å². The molecule has 0 aromatic heterocycles. The second-order valence-corrected chi connectivity index (χ2v) is 4.21. The van der Waals surface area contributed by atoms with Crippen LogP contribution in [0.3, 0.4) is 0 Å². The number of anilines is 1. The Hall–Kier alpha value is -1.88. The van der Waals surface area contributed by atoms with Crippen LogP contribution in [0.1, 0.15) is 17.3 Å². The minimum atomic E-state index is -0.279. The van der Waals surface area contributed by atoms with Gasteiger partial charge in [0.05, 0.1) is 13.1 Å². The lowest BCUT2D eigenvalue weighted by Gasteiger charge is -2.34. The summed E-state index contributed by atoms with van der Waals surface area (Å²) in [5.74, 6) is -0.279. The zero-order valence-electron chi connectivity index (χ0n) is 10.3. The van der Waals surface area contributed by atoms with Crippen LogP contribution < -0.4 is 4.90 Å². The molecule has 1 aromatic rings. The fraction of sp³-hybridized carbons (Fsp3) is 0.385. The van der Waals surface area contributed by atoms with Crippen molar-refractivity contribution in [1.29, 1.82) is 0 Å². The summed E-state index contributed by atoms with van der Waals surface area (Å²) in [7, 11) is 0. The van der Waals surface area contributed by atoms with Gasteiger partial charge in [-0.3, -0.25) is 9.59 Å². The number of rotatable bonds is 3. The van der Waals surface area contributed by atoms with Gasteiger partial charge < -0.3 is 9.74 Å². The molecular formula is C13H16N2O3. The number of carbonyl (C=O) groups is 2. The number of nitrogens with zero attached hydrogens (tertiary/aromatic N) is 2. The zero-order valence-corrected chi connectivity index (χ0v) is 10.3. The van der Waals surface area contributed by atoms with Gasteiger partial charge in [-0.15, -0.1) is 5.06 Å². The first-order valence-corrected chi connectivity index (χ1v) is 5.93. The van der Waals surface area contributed by atoms with Crippen LogP contribution in [-0.2, 0) is 9.63 Å². The van der Waals surface area contributed by atoms with Gasteiger partial charge in [0.1, 0.15) is 6.29 Å². The van der Waals surface area contributed by atoms with E-state index < -0.39 is 0 Å². The van der Waals surface area contributed by atoms with Gasteiger partial charge in [0, 0.05) is 31.3 Å². The number of aldehydes is 1. The van der Waals surface area contributed by atoms with Crippen LogP contribution in [0.2, 0.25) is 0 Å². The van der Waals surface area contributed by atoms with Gasteiger partial charge in [-0.1, -0.05) is 0 Å². The topological polar surface area (TPSA) is 49.9 Å². The number of benzene rings is 1. The maximum absolute atomic E-state index is 10.8. The first kappa shape index (κ1) is 12.6. The molecule has 0 N–H and O–H groups in total. The highest BCUT2D eigenvalue weighted by atomic mass is 16.7. The zero-order chi connectivity index (χ0) is 13.0. The van der Waals surface area contributed by atoms with Crippen LogP contribution in [0.5, 0.6) is 0 Å². The lowest BCUT2D eigenvalue weighted by Crippen LogP contribution is -2.46. The fourth-order valence-corrected chi connectivity index (χ4v) is 1.98. The van der Waals surface area contributed by atoms with Crippen molar-refractivity contribution in [3.05, 3.63) is 29.8 Å². The van der Waals surface area contributed by atoms with Crippen LogP contribution >= 0.6 is 0 Å². The Morgan fingerprint density at radius 3 is 2.28 bits per heavy atom. The largest absolute Gasteiger partial charge is 0.369 e. The van der Waals surface area contributed by atoms with Gasteiger partial charge >= 0.3 is 5.97 Å². The molecule has 0 unspecified atom stereocenters. The summed E-state index contributed by atoms with van der Waals surface area (Å²) in [6, 6.07) is 7.48. The van der Waals surface area contributed by atoms with E-state index in [0.29, 0.717) is 18.7 Å². The summed E-state index contributed by atoms with van der Waals surface area (Å²) in [5.41, 5.74) is 1.76. The van der Waals surface area contributed by atoms with E-state index in [9.17, 15) is 9.59 Å². The molecule has 0 bridgehead atoms. The molecule has 0 spiro atoms. The Kier molecular flexibility index (Phi) is 3.94. The SMILES string of the molecule is CC(=O)ON1CCN(c2ccc(C=O)cc2)CC1. The Bertz CT molecular complexity index is 422. The number of hydrogen-bond donors (Lipinski definition) is 0. The van der Waals surface area contributed by atoms with Crippen molar-refractivity contribution >= 4 is 17.9 Å². The summed E-state index contributed by atoms with van der Waals surface area (Å²) >= 11 is 0. The minimum absolute atomic E-state index is 0.279. The molecule has 96 valence electrons. The summed E-state index contributed by atoms with van der Waals surface area (Å²) in [6.07, 6.45) is 0.836. The second-order valence-electron chi connectivity index (χ2n) is 4.21. The number of piperazine rings is 1. The van der Waals surface area contributed by atoms with E-state index in [1.807, 2.05) is 12.1 Å². The molecular weight excluding hydrogens is 232 g/mol. The predicted molar refractivity (Wildman–Crippen MR) is 67.4 cm³/mol. The van der Waals surface area contributed by atoms with Crippen molar-refractivity contribution < 1.29 is 14.4 Å². The molecule has 1 aliphatic rings. The molecule has 1 aliphatic heterocycles. The summed E-state index contributed by atoms with van der Waals surface area (Å²) in [4.78, 5) is 28.6. The Morgan fingerprint density at radius 2 is 1.78 bits per heavy atom. The monoisotopic (exact) mass is 248 g/mol. The second kappa shape index (κ2) is 5.64. The Labute approximate surface area is 106 Å². The van der Waals surface area contributed by atoms with Crippen molar-refractivity contribution in [2.45, 2.75) is 6.92 Å². The Balaban J connectivity index is 1.92. The number of carbonyl (C=O) groups excluding carboxylic acids is 2. The smallest absolute Gasteiger partial charge is 0.322 e. The number of hydrogen-bond acceptors (Lipinski definition) is 5. The van der Waals surface area contributed by atoms with Crippen LogP contribution in [0.4, 0.5) is 5.69 Å². The molecule has 5 nitrogen and oxygen atoms in total. The third-order valence-corrected chi connectivity index (χ3v) is 2.89. The van der Waals surface area contributed by atoms with Crippen LogP contribution in [0.25, 0.3) is 0 Å². The van der Waals surface area contributed by atoms with Crippen LogP contribution in [0, 0.1) is 0 Å².